The van der Waals surface area contributed by atoms with Gasteiger partial charge in [-0.2, -0.15) is 0 Å². The number of aromatic nitrogens is 1. The van der Waals surface area contributed by atoms with Crippen LogP contribution in [0.25, 0.3) is 10.9 Å². The summed E-state index contributed by atoms with van der Waals surface area (Å²) < 4.78 is 0. The molecule has 0 spiro atoms. The fourth-order valence-electron chi connectivity index (χ4n) is 2.03. The first-order valence-electron chi connectivity index (χ1n) is 5.73. The molecule has 1 aromatic carbocycles. The predicted molar refractivity (Wildman–Crippen MR) is 66.7 cm³/mol. The van der Waals surface area contributed by atoms with Crippen molar-refractivity contribution in [3.8, 4) is 0 Å². The van der Waals surface area contributed by atoms with Gasteiger partial charge in [-0.05, 0) is 43.9 Å². The number of nitrogens with one attached hydrogen (secondary N) is 1. The third kappa shape index (κ3) is 2.32. The minimum atomic E-state index is 0.274. The van der Waals surface area contributed by atoms with Gasteiger partial charge in [0.1, 0.15) is 5.78 Å². The summed E-state index contributed by atoms with van der Waals surface area (Å²) in [5, 5.41) is 1.29. The zero-order chi connectivity index (χ0) is 11.5. The summed E-state index contributed by atoms with van der Waals surface area (Å²) in [5.41, 5.74) is 3.78. The molecule has 2 heteroatoms. The molecule has 0 unspecified atom stereocenters. The maximum Gasteiger partial charge on any atom is 0.129 e. The Labute approximate surface area is 95.7 Å². The lowest BCUT2D eigenvalue weighted by Crippen LogP contribution is -1.91. The Morgan fingerprint density at radius 1 is 1.38 bits per heavy atom. The maximum absolute atomic E-state index is 10.9. The van der Waals surface area contributed by atoms with Gasteiger partial charge >= 0.3 is 0 Å². The minimum absolute atomic E-state index is 0.274. The van der Waals surface area contributed by atoms with Crippen molar-refractivity contribution in [1.29, 1.82) is 0 Å². The second-order valence-electron chi connectivity index (χ2n) is 4.42. The van der Waals surface area contributed by atoms with Crippen LogP contribution in [0.1, 0.15) is 30.9 Å². The van der Waals surface area contributed by atoms with E-state index in [1.54, 1.807) is 6.92 Å². The van der Waals surface area contributed by atoms with Gasteiger partial charge in [-0.1, -0.05) is 12.1 Å². The Morgan fingerprint density at radius 2 is 2.19 bits per heavy atom. The highest BCUT2D eigenvalue weighted by molar-refractivity contribution is 5.83. The number of aryl methyl sites for hydroxylation is 2. The Morgan fingerprint density at radius 3 is 2.94 bits per heavy atom. The van der Waals surface area contributed by atoms with Crippen LogP contribution in [0.2, 0.25) is 0 Å². The van der Waals surface area contributed by atoms with E-state index in [2.05, 4.69) is 36.3 Å². The average Bonchev–Trinajstić information content (AvgIpc) is 2.60. The minimum Gasteiger partial charge on any atom is -0.361 e. The largest absolute Gasteiger partial charge is 0.361 e. The van der Waals surface area contributed by atoms with Crippen molar-refractivity contribution in [3.05, 3.63) is 35.5 Å². The fraction of sp³-hybridized carbons (Fsp3) is 0.357. The molecular formula is C14H17NO. The van der Waals surface area contributed by atoms with E-state index in [9.17, 15) is 4.79 Å². The quantitative estimate of drug-likeness (QED) is 0.833. The Kier molecular flexibility index (Phi) is 3.09. The first kappa shape index (κ1) is 10.9. The van der Waals surface area contributed by atoms with Gasteiger partial charge in [0.2, 0.25) is 0 Å². The summed E-state index contributed by atoms with van der Waals surface area (Å²) >= 11 is 0. The van der Waals surface area contributed by atoms with Gasteiger partial charge in [0.15, 0.2) is 0 Å². The number of hydrogen-bond acceptors (Lipinski definition) is 1. The van der Waals surface area contributed by atoms with Crippen molar-refractivity contribution < 1.29 is 4.79 Å². The molecule has 1 N–H and O–H groups in total. The van der Waals surface area contributed by atoms with E-state index in [1.807, 2.05) is 0 Å². The number of H-pyrrole nitrogens is 1. The fourth-order valence-corrected chi connectivity index (χ4v) is 2.03. The first-order chi connectivity index (χ1) is 7.66. The van der Waals surface area contributed by atoms with E-state index in [0.717, 1.165) is 12.8 Å². The molecule has 0 saturated carbocycles. The number of fused-ring (bicyclic) bond motifs is 1. The van der Waals surface area contributed by atoms with Crippen molar-refractivity contribution in [1.82, 2.24) is 4.98 Å². The standard InChI is InChI=1S/C14H17NO/c1-10-6-7-13-12(5-3-4-11(2)16)9-15-14(13)8-10/h6-9,15H,3-5H2,1-2H3. The van der Waals surface area contributed by atoms with Crippen molar-refractivity contribution >= 4 is 16.7 Å². The number of carbonyl (C=O) groups is 1. The van der Waals surface area contributed by atoms with E-state index < -0.39 is 0 Å². The van der Waals surface area contributed by atoms with E-state index in [0.29, 0.717) is 6.42 Å². The molecule has 0 radical (unpaired) electrons. The molecule has 0 atom stereocenters. The summed E-state index contributed by atoms with van der Waals surface area (Å²) in [5.74, 6) is 0.274. The van der Waals surface area contributed by atoms with Crippen LogP contribution in [0.15, 0.2) is 24.4 Å². The van der Waals surface area contributed by atoms with Crippen LogP contribution < -0.4 is 0 Å². The van der Waals surface area contributed by atoms with Gasteiger partial charge in [0.25, 0.3) is 0 Å². The van der Waals surface area contributed by atoms with Gasteiger partial charge in [0.05, 0.1) is 0 Å². The highest BCUT2D eigenvalue weighted by atomic mass is 16.1. The molecule has 0 aliphatic heterocycles. The Bertz CT molecular complexity index is 510. The molecule has 2 rings (SSSR count). The molecule has 2 nitrogen and oxygen atoms in total. The molecule has 0 amide bonds. The summed E-state index contributed by atoms with van der Waals surface area (Å²) in [6, 6.07) is 6.44. The molecule has 0 aliphatic rings. The maximum atomic E-state index is 10.9. The van der Waals surface area contributed by atoms with E-state index >= 15 is 0 Å². The average molecular weight is 215 g/mol. The van der Waals surface area contributed by atoms with Crippen LogP contribution in [0, 0.1) is 6.92 Å². The van der Waals surface area contributed by atoms with Gasteiger partial charge < -0.3 is 9.78 Å². The summed E-state index contributed by atoms with van der Waals surface area (Å²) in [7, 11) is 0. The summed E-state index contributed by atoms with van der Waals surface area (Å²) in [4.78, 5) is 14.2. The Hall–Kier alpha value is -1.57. The molecule has 2 aromatic rings. The third-order valence-corrected chi connectivity index (χ3v) is 2.90. The zero-order valence-corrected chi connectivity index (χ0v) is 9.84. The molecule has 0 bridgehead atoms. The van der Waals surface area contributed by atoms with Gasteiger partial charge in [-0.3, -0.25) is 0 Å². The van der Waals surface area contributed by atoms with Gasteiger partial charge in [-0.15, -0.1) is 0 Å². The first-order valence-corrected chi connectivity index (χ1v) is 5.73. The smallest absolute Gasteiger partial charge is 0.129 e. The van der Waals surface area contributed by atoms with Crippen LogP contribution in [-0.4, -0.2) is 10.8 Å². The van der Waals surface area contributed by atoms with Crippen molar-refractivity contribution in [2.45, 2.75) is 33.1 Å². The lowest BCUT2D eigenvalue weighted by Gasteiger charge is -1.98. The SMILES string of the molecule is CC(=O)CCCc1c[nH]c2cc(C)ccc12. The second-order valence-corrected chi connectivity index (χ2v) is 4.42. The molecule has 1 aromatic heterocycles. The van der Waals surface area contributed by atoms with Crippen LogP contribution in [0.3, 0.4) is 0 Å². The lowest BCUT2D eigenvalue weighted by atomic mass is 10.1. The molecule has 1 heterocycles. The molecule has 84 valence electrons. The number of aromatic amines is 1. The van der Waals surface area contributed by atoms with Crippen molar-refractivity contribution in [2.24, 2.45) is 0 Å². The highest BCUT2D eigenvalue weighted by Crippen LogP contribution is 2.20. The normalized spacial score (nSPS) is 10.9. The lowest BCUT2D eigenvalue weighted by molar-refractivity contribution is -0.117. The second kappa shape index (κ2) is 4.52. The predicted octanol–water partition coefficient (Wildman–Crippen LogP) is 3.39. The molecule has 16 heavy (non-hydrogen) atoms. The highest BCUT2D eigenvalue weighted by Gasteiger charge is 2.03. The number of hydrogen-bond donors (Lipinski definition) is 1. The molecule has 0 aliphatic carbocycles. The van der Waals surface area contributed by atoms with Crippen LogP contribution >= 0.6 is 0 Å². The summed E-state index contributed by atoms with van der Waals surface area (Å²) in [6.07, 6.45) is 4.65. The van der Waals surface area contributed by atoms with Crippen LogP contribution in [0.5, 0.6) is 0 Å². The van der Waals surface area contributed by atoms with Crippen molar-refractivity contribution in [2.75, 3.05) is 0 Å². The molecule has 0 fully saturated rings. The number of Topliss-reactive ketones (excluding diaryl/α,β-unsaturated/α-hetero) is 1. The summed E-state index contributed by atoms with van der Waals surface area (Å²) in [6.45, 7) is 3.74. The van der Waals surface area contributed by atoms with Gasteiger partial charge in [-0.25, -0.2) is 0 Å². The van der Waals surface area contributed by atoms with E-state index in [1.165, 1.54) is 22.0 Å². The van der Waals surface area contributed by atoms with Crippen LogP contribution in [-0.2, 0) is 11.2 Å². The van der Waals surface area contributed by atoms with Crippen LogP contribution in [0.4, 0.5) is 0 Å². The number of benzene rings is 1. The number of ketones is 1. The zero-order valence-electron chi connectivity index (χ0n) is 9.84. The van der Waals surface area contributed by atoms with E-state index in [4.69, 9.17) is 0 Å². The monoisotopic (exact) mass is 215 g/mol. The van der Waals surface area contributed by atoms with Gasteiger partial charge in [0, 0.05) is 23.5 Å². The van der Waals surface area contributed by atoms with Crippen molar-refractivity contribution in [3.63, 3.8) is 0 Å². The molecule has 0 saturated heterocycles. The topological polar surface area (TPSA) is 32.9 Å². The third-order valence-electron chi connectivity index (χ3n) is 2.90. The molecular weight excluding hydrogens is 198 g/mol. The Balaban J connectivity index is 2.15. The van der Waals surface area contributed by atoms with E-state index in [-0.39, 0.29) is 5.78 Å². The number of rotatable bonds is 4. The number of carbonyl (C=O) groups excluding carboxylic acids is 1.